The van der Waals surface area contributed by atoms with Crippen molar-refractivity contribution < 1.29 is 27.2 Å². The van der Waals surface area contributed by atoms with Crippen LogP contribution < -0.4 is 5.32 Å². The molecule has 0 aliphatic carbocycles. The van der Waals surface area contributed by atoms with Gasteiger partial charge in [-0.15, -0.1) is 0 Å². The highest BCUT2D eigenvalue weighted by atomic mass is 19.4. The molecule has 1 aromatic heterocycles. The van der Waals surface area contributed by atoms with Crippen LogP contribution in [-0.2, 0) is 16.1 Å². The van der Waals surface area contributed by atoms with E-state index in [2.05, 4.69) is 40.4 Å². The highest BCUT2D eigenvalue weighted by molar-refractivity contribution is 5.78. The van der Waals surface area contributed by atoms with Gasteiger partial charge in [-0.05, 0) is 51.8 Å². The number of benzene rings is 1. The number of alkyl halides is 3. The predicted molar refractivity (Wildman–Crippen MR) is 148 cm³/mol. The van der Waals surface area contributed by atoms with Gasteiger partial charge in [0.2, 0.25) is 5.91 Å². The molecule has 222 valence electrons. The van der Waals surface area contributed by atoms with Gasteiger partial charge < -0.3 is 19.5 Å². The minimum atomic E-state index is -4.47. The van der Waals surface area contributed by atoms with E-state index in [9.17, 15) is 18.0 Å². The van der Waals surface area contributed by atoms with Crippen LogP contribution in [0.5, 0.6) is 0 Å². The minimum Gasteiger partial charge on any atom is -0.369 e. The lowest BCUT2D eigenvalue weighted by Gasteiger charge is -2.43. The summed E-state index contributed by atoms with van der Waals surface area (Å²) in [5.41, 5.74) is 3.69. The number of likely N-dealkylation sites (N-methyl/N-ethyl adjacent to an activating group) is 1. The van der Waals surface area contributed by atoms with Gasteiger partial charge in [0.15, 0.2) is 0 Å². The zero-order valence-corrected chi connectivity index (χ0v) is 23.6. The van der Waals surface area contributed by atoms with E-state index in [1.807, 2.05) is 47.5 Å². The SMILES string of the molecule is Cc1onc(-c2ccccc2)c1COC1CCC(N2C=C(C3CCCN3C)C=CC2)CN1CC(=O)NCC(F)(F)F. The third-order valence-electron chi connectivity index (χ3n) is 8.20. The fraction of sp³-hybridized carbons (Fsp3) is 0.533. The molecule has 1 amide bonds. The molecule has 3 atom stereocenters. The van der Waals surface area contributed by atoms with Crippen LogP contribution in [0.1, 0.15) is 37.0 Å². The Labute approximate surface area is 238 Å². The Hall–Kier alpha value is -3.15. The number of aryl methyl sites for hydroxylation is 1. The van der Waals surface area contributed by atoms with Crippen LogP contribution >= 0.6 is 0 Å². The number of nitrogens with one attached hydrogen (secondary N) is 1. The zero-order valence-electron chi connectivity index (χ0n) is 23.6. The van der Waals surface area contributed by atoms with E-state index in [1.54, 1.807) is 0 Å². The van der Waals surface area contributed by atoms with Crippen molar-refractivity contribution in [3.63, 3.8) is 0 Å². The summed E-state index contributed by atoms with van der Waals surface area (Å²) < 4.78 is 50.1. The van der Waals surface area contributed by atoms with Crippen LogP contribution in [0.2, 0.25) is 0 Å². The van der Waals surface area contributed by atoms with Crippen molar-refractivity contribution in [3.05, 3.63) is 65.6 Å². The Bertz CT molecular complexity index is 1250. The molecule has 0 bridgehead atoms. The van der Waals surface area contributed by atoms with Gasteiger partial charge in [0, 0.05) is 42.5 Å². The number of ether oxygens (including phenoxy) is 1. The Morgan fingerprint density at radius 2 is 2.00 bits per heavy atom. The molecule has 3 aliphatic rings. The van der Waals surface area contributed by atoms with Crippen LogP contribution in [-0.4, -0.2) is 90.0 Å². The molecule has 41 heavy (non-hydrogen) atoms. The highest BCUT2D eigenvalue weighted by Gasteiger charge is 2.35. The first-order valence-corrected chi connectivity index (χ1v) is 14.2. The Morgan fingerprint density at radius 3 is 2.73 bits per heavy atom. The van der Waals surface area contributed by atoms with Gasteiger partial charge in [-0.3, -0.25) is 14.6 Å². The van der Waals surface area contributed by atoms with E-state index >= 15 is 0 Å². The maximum atomic E-state index is 12.8. The van der Waals surface area contributed by atoms with Crippen LogP contribution in [0.15, 0.2) is 58.8 Å². The number of aromatic nitrogens is 1. The van der Waals surface area contributed by atoms with Gasteiger partial charge in [0.1, 0.15) is 24.2 Å². The van der Waals surface area contributed by atoms with E-state index in [4.69, 9.17) is 9.26 Å². The molecule has 11 heteroatoms. The first-order valence-electron chi connectivity index (χ1n) is 14.2. The minimum absolute atomic E-state index is 0.106. The number of carbonyl (C=O) groups is 1. The molecular formula is C30H38F3N5O3. The standard InChI is InChI=1S/C30H38F3N5O3/c1-21-25(29(35-41-21)22-8-4-3-5-9-22)19-40-28-13-12-24(17-38(28)18-27(39)34-20-30(31,32)33)37-15-6-10-23(16-37)26-11-7-14-36(26)2/h3-6,8-10,16,24,26,28H,7,11-15,17-20H2,1-2H3,(H,34,39). The highest BCUT2D eigenvalue weighted by Crippen LogP contribution is 2.31. The third kappa shape index (κ3) is 7.38. The number of rotatable bonds is 9. The van der Waals surface area contributed by atoms with E-state index in [0.717, 1.165) is 37.1 Å². The summed E-state index contributed by atoms with van der Waals surface area (Å²) in [6, 6.07) is 10.2. The molecule has 3 aliphatic heterocycles. The van der Waals surface area contributed by atoms with Gasteiger partial charge in [0.05, 0.1) is 13.2 Å². The van der Waals surface area contributed by atoms with Crippen molar-refractivity contribution in [2.45, 2.75) is 63.7 Å². The third-order valence-corrected chi connectivity index (χ3v) is 8.20. The molecule has 0 spiro atoms. The van der Waals surface area contributed by atoms with Gasteiger partial charge in [-0.25, -0.2) is 0 Å². The van der Waals surface area contributed by atoms with Gasteiger partial charge in [-0.2, -0.15) is 13.2 Å². The molecule has 4 heterocycles. The predicted octanol–water partition coefficient (Wildman–Crippen LogP) is 4.49. The molecule has 5 rings (SSSR count). The first kappa shape index (κ1) is 29.3. The summed E-state index contributed by atoms with van der Waals surface area (Å²) in [7, 11) is 2.15. The van der Waals surface area contributed by atoms with Crippen LogP contribution in [0.25, 0.3) is 11.3 Å². The Morgan fingerprint density at radius 1 is 1.20 bits per heavy atom. The van der Waals surface area contributed by atoms with Crippen molar-refractivity contribution >= 4 is 5.91 Å². The number of halogens is 3. The van der Waals surface area contributed by atoms with Crippen molar-refractivity contribution in [2.24, 2.45) is 0 Å². The average Bonchev–Trinajstić information content (AvgIpc) is 3.56. The first-order chi connectivity index (χ1) is 19.7. The van der Waals surface area contributed by atoms with E-state index in [0.29, 0.717) is 30.5 Å². The van der Waals surface area contributed by atoms with Crippen molar-refractivity contribution in [1.82, 2.24) is 25.2 Å². The van der Waals surface area contributed by atoms with Crippen molar-refractivity contribution in [3.8, 4) is 11.3 Å². The number of nitrogens with zero attached hydrogens (tertiary/aromatic N) is 4. The molecule has 1 N–H and O–H groups in total. The lowest BCUT2D eigenvalue weighted by molar-refractivity contribution is -0.145. The maximum Gasteiger partial charge on any atom is 0.405 e. The second-order valence-electron chi connectivity index (χ2n) is 11.1. The quantitative estimate of drug-likeness (QED) is 0.474. The smallest absolute Gasteiger partial charge is 0.369 e. The van der Waals surface area contributed by atoms with Crippen LogP contribution in [0.3, 0.4) is 0 Å². The number of hydrogen-bond acceptors (Lipinski definition) is 7. The number of likely N-dealkylation sites (tertiary alicyclic amines) is 2. The summed E-state index contributed by atoms with van der Waals surface area (Å²) in [6.07, 6.45) is 5.46. The largest absolute Gasteiger partial charge is 0.405 e. The molecule has 2 fully saturated rings. The van der Waals surface area contributed by atoms with Crippen molar-refractivity contribution in [2.75, 3.05) is 39.8 Å². The van der Waals surface area contributed by atoms with Crippen molar-refractivity contribution in [1.29, 1.82) is 0 Å². The number of piperidine rings is 1. The monoisotopic (exact) mass is 573 g/mol. The molecule has 2 aromatic rings. The maximum absolute atomic E-state index is 12.8. The Balaban J connectivity index is 1.29. The summed E-state index contributed by atoms with van der Waals surface area (Å²) in [5, 5.41) is 6.24. The molecule has 3 unspecified atom stereocenters. The summed E-state index contributed by atoms with van der Waals surface area (Å²) >= 11 is 0. The Kier molecular flexibility index (Phi) is 9.16. The van der Waals surface area contributed by atoms with Gasteiger partial charge in [0.25, 0.3) is 0 Å². The average molecular weight is 574 g/mol. The van der Waals surface area contributed by atoms with Gasteiger partial charge in [-0.1, -0.05) is 47.6 Å². The fourth-order valence-corrected chi connectivity index (χ4v) is 6.01. The zero-order chi connectivity index (χ0) is 29.0. The number of carbonyl (C=O) groups excluding carboxylic acids is 1. The van der Waals surface area contributed by atoms with E-state index < -0.39 is 24.9 Å². The summed E-state index contributed by atoms with van der Waals surface area (Å²) in [6.45, 7) is 2.83. The topological polar surface area (TPSA) is 74.1 Å². The molecule has 8 nitrogen and oxygen atoms in total. The second-order valence-corrected chi connectivity index (χ2v) is 11.1. The lowest BCUT2D eigenvalue weighted by Crippen LogP contribution is -2.54. The number of amides is 1. The molecule has 0 radical (unpaired) electrons. The molecular weight excluding hydrogens is 535 g/mol. The van der Waals surface area contributed by atoms with E-state index in [1.165, 1.54) is 12.0 Å². The fourth-order valence-electron chi connectivity index (χ4n) is 6.01. The van der Waals surface area contributed by atoms with Crippen LogP contribution in [0, 0.1) is 6.92 Å². The number of hydrogen-bond donors (Lipinski definition) is 1. The summed E-state index contributed by atoms with van der Waals surface area (Å²) in [4.78, 5) is 19.1. The second kappa shape index (κ2) is 12.8. The molecule has 2 saturated heterocycles. The lowest BCUT2D eigenvalue weighted by atomic mass is 9.98. The normalized spacial score (nSPS) is 24.1. The molecule has 1 aromatic carbocycles. The van der Waals surface area contributed by atoms with E-state index in [-0.39, 0.29) is 19.2 Å². The molecule has 0 saturated carbocycles. The van der Waals surface area contributed by atoms with Gasteiger partial charge >= 0.3 is 6.18 Å². The van der Waals surface area contributed by atoms with Crippen LogP contribution in [0.4, 0.5) is 13.2 Å². The summed E-state index contributed by atoms with van der Waals surface area (Å²) in [5.74, 6) is -0.0354.